The van der Waals surface area contributed by atoms with Gasteiger partial charge in [0, 0.05) is 0 Å². The molecule has 0 heterocycles. The molecule has 2 aromatic carbocycles. The maximum atomic E-state index is 12.0. The lowest BCUT2D eigenvalue weighted by atomic mass is 10.1. The Morgan fingerprint density at radius 2 is 1.55 bits per heavy atom. The molecule has 0 aliphatic rings. The summed E-state index contributed by atoms with van der Waals surface area (Å²) in [7, 11) is 0. The molecule has 0 bridgehead atoms. The molecule has 4 nitrogen and oxygen atoms in total. The number of benzene rings is 2. The van der Waals surface area contributed by atoms with Crippen molar-refractivity contribution in [3.8, 4) is 5.75 Å². The summed E-state index contributed by atoms with van der Waals surface area (Å²) in [6.07, 6.45) is 0. The average Bonchev–Trinajstić information content (AvgIpc) is 2.43. The van der Waals surface area contributed by atoms with E-state index in [4.69, 9.17) is 9.84 Å². The van der Waals surface area contributed by atoms with Crippen molar-refractivity contribution in [1.29, 1.82) is 0 Å². The Morgan fingerprint density at radius 1 is 0.950 bits per heavy atom. The molecule has 1 N–H and O–H groups in total. The topological polar surface area (TPSA) is 63.6 Å². The van der Waals surface area contributed by atoms with Crippen LogP contribution in [0.5, 0.6) is 5.75 Å². The number of hydrogen-bond acceptors (Lipinski definition) is 3. The minimum Gasteiger partial charge on any atom is -0.478 e. The van der Waals surface area contributed by atoms with Crippen LogP contribution in [0, 0.1) is 13.8 Å². The van der Waals surface area contributed by atoms with Gasteiger partial charge < -0.3 is 9.84 Å². The standard InChI is InChI=1S/C16H14O4/c1-10-3-4-11(2)14(9-10)20-16(19)13-7-5-12(6-8-13)15(17)18/h3-9H,1-2H3,(H,17,18). The molecule has 102 valence electrons. The number of rotatable bonds is 3. The van der Waals surface area contributed by atoms with E-state index in [0.717, 1.165) is 11.1 Å². The van der Waals surface area contributed by atoms with E-state index < -0.39 is 11.9 Å². The van der Waals surface area contributed by atoms with Crippen LogP contribution in [0.15, 0.2) is 42.5 Å². The molecule has 0 aliphatic carbocycles. The number of carboxylic acids is 1. The van der Waals surface area contributed by atoms with Gasteiger partial charge in [0.2, 0.25) is 0 Å². The Morgan fingerprint density at radius 3 is 2.15 bits per heavy atom. The van der Waals surface area contributed by atoms with E-state index in [2.05, 4.69) is 0 Å². The van der Waals surface area contributed by atoms with Gasteiger partial charge in [0.15, 0.2) is 0 Å². The van der Waals surface area contributed by atoms with Gasteiger partial charge in [-0.2, -0.15) is 0 Å². The third-order valence-corrected chi connectivity index (χ3v) is 2.91. The number of aromatic carboxylic acids is 1. The van der Waals surface area contributed by atoms with Crippen molar-refractivity contribution in [2.75, 3.05) is 0 Å². The van der Waals surface area contributed by atoms with Gasteiger partial charge in [0.25, 0.3) is 0 Å². The first-order chi connectivity index (χ1) is 9.47. The van der Waals surface area contributed by atoms with Gasteiger partial charge in [-0.25, -0.2) is 9.59 Å². The fraction of sp³-hybridized carbons (Fsp3) is 0.125. The minimum atomic E-state index is -1.03. The largest absolute Gasteiger partial charge is 0.478 e. The Hall–Kier alpha value is -2.62. The van der Waals surface area contributed by atoms with Crippen molar-refractivity contribution < 1.29 is 19.4 Å². The van der Waals surface area contributed by atoms with Crippen LogP contribution in [0.4, 0.5) is 0 Å². The molecule has 0 atom stereocenters. The lowest BCUT2D eigenvalue weighted by Gasteiger charge is -2.08. The highest BCUT2D eigenvalue weighted by atomic mass is 16.5. The van der Waals surface area contributed by atoms with Crippen molar-refractivity contribution in [3.05, 3.63) is 64.7 Å². The zero-order valence-electron chi connectivity index (χ0n) is 11.2. The molecule has 0 spiro atoms. The van der Waals surface area contributed by atoms with Crippen LogP contribution < -0.4 is 4.74 Å². The normalized spacial score (nSPS) is 10.1. The summed E-state index contributed by atoms with van der Waals surface area (Å²) in [5.41, 5.74) is 2.31. The van der Waals surface area contributed by atoms with Crippen molar-refractivity contribution in [2.24, 2.45) is 0 Å². The van der Waals surface area contributed by atoms with Crippen molar-refractivity contribution in [2.45, 2.75) is 13.8 Å². The lowest BCUT2D eigenvalue weighted by molar-refractivity contribution is 0.0691. The van der Waals surface area contributed by atoms with E-state index in [9.17, 15) is 9.59 Å². The highest BCUT2D eigenvalue weighted by Gasteiger charge is 2.11. The second kappa shape index (κ2) is 5.57. The van der Waals surface area contributed by atoms with Gasteiger partial charge in [0.1, 0.15) is 5.75 Å². The zero-order chi connectivity index (χ0) is 14.7. The number of carboxylic acid groups (broad SMARTS) is 1. The molecule has 0 aliphatic heterocycles. The van der Waals surface area contributed by atoms with Crippen LogP contribution in [-0.4, -0.2) is 17.0 Å². The van der Waals surface area contributed by atoms with Crippen LogP contribution in [0.2, 0.25) is 0 Å². The molecule has 2 rings (SSSR count). The fourth-order valence-electron chi connectivity index (χ4n) is 1.72. The first kappa shape index (κ1) is 13.8. The van der Waals surface area contributed by atoms with Gasteiger partial charge in [-0.15, -0.1) is 0 Å². The number of carbonyl (C=O) groups is 2. The monoisotopic (exact) mass is 270 g/mol. The third-order valence-electron chi connectivity index (χ3n) is 2.91. The predicted molar refractivity (Wildman–Crippen MR) is 74.3 cm³/mol. The second-order valence-corrected chi connectivity index (χ2v) is 4.54. The number of aryl methyl sites for hydroxylation is 2. The maximum Gasteiger partial charge on any atom is 0.343 e. The highest BCUT2D eigenvalue weighted by molar-refractivity contribution is 5.93. The molecule has 0 radical (unpaired) electrons. The molecule has 0 amide bonds. The van der Waals surface area contributed by atoms with Crippen LogP contribution in [0.1, 0.15) is 31.8 Å². The number of esters is 1. The summed E-state index contributed by atoms with van der Waals surface area (Å²) >= 11 is 0. The lowest BCUT2D eigenvalue weighted by Crippen LogP contribution is -2.10. The van der Waals surface area contributed by atoms with E-state index in [0.29, 0.717) is 11.3 Å². The summed E-state index contributed by atoms with van der Waals surface area (Å²) in [5.74, 6) is -1.02. The van der Waals surface area contributed by atoms with E-state index in [1.54, 1.807) is 6.07 Å². The molecule has 0 saturated heterocycles. The highest BCUT2D eigenvalue weighted by Crippen LogP contribution is 2.20. The number of carbonyl (C=O) groups excluding carboxylic acids is 1. The van der Waals surface area contributed by atoms with Crippen LogP contribution in [-0.2, 0) is 0 Å². The Bertz CT molecular complexity index is 657. The number of ether oxygens (including phenoxy) is 1. The van der Waals surface area contributed by atoms with Gasteiger partial charge in [-0.3, -0.25) is 0 Å². The minimum absolute atomic E-state index is 0.133. The van der Waals surface area contributed by atoms with Crippen molar-refractivity contribution in [1.82, 2.24) is 0 Å². The summed E-state index contributed by atoms with van der Waals surface area (Å²) in [6, 6.07) is 11.2. The summed E-state index contributed by atoms with van der Waals surface area (Å²) < 4.78 is 5.33. The van der Waals surface area contributed by atoms with Crippen LogP contribution in [0.3, 0.4) is 0 Å². The first-order valence-corrected chi connectivity index (χ1v) is 6.10. The molecule has 0 aromatic heterocycles. The predicted octanol–water partition coefficient (Wildman–Crippen LogP) is 3.22. The van der Waals surface area contributed by atoms with E-state index in [-0.39, 0.29) is 5.56 Å². The Labute approximate surface area is 116 Å². The van der Waals surface area contributed by atoms with Crippen molar-refractivity contribution >= 4 is 11.9 Å². The quantitative estimate of drug-likeness (QED) is 0.687. The smallest absolute Gasteiger partial charge is 0.343 e. The van der Waals surface area contributed by atoms with Gasteiger partial charge in [-0.1, -0.05) is 12.1 Å². The Balaban J connectivity index is 2.19. The SMILES string of the molecule is Cc1ccc(C)c(OC(=O)c2ccc(C(=O)O)cc2)c1. The molecule has 0 unspecified atom stereocenters. The van der Waals surface area contributed by atoms with Gasteiger partial charge in [0.05, 0.1) is 11.1 Å². The fourth-order valence-corrected chi connectivity index (χ4v) is 1.72. The van der Waals surface area contributed by atoms with Crippen LogP contribution >= 0.6 is 0 Å². The molecule has 0 saturated carbocycles. The maximum absolute atomic E-state index is 12.0. The van der Waals surface area contributed by atoms with Crippen LogP contribution in [0.25, 0.3) is 0 Å². The molecule has 4 heteroatoms. The molecular formula is C16H14O4. The third kappa shape index (κ3) is 3.03. The molecular weight excluding hydrogens is 256 g/mol. The summed E-state index contributed by atoms with van der Waals surface area (Å²) in [6.45, 7) is 3.77. The van der Waals surface area contributed by atoms with Crippen molar-refractivity contribution in [3.63, 3.8) is 0 Å². The summed E-state index contributed by atoms with van der Waals surface area (Å²) in [5, 5.41) is 8.80. The van der Waals surface area contributed by atoms with E-state index >= 15 is 0 Å². The molecule has 20 heavy (non-hydrogen) atoms. The molecule has 2 aromatic rings. The summed E-state index contributed by atoms with van der Waals surface area (Å²) in [4.78, 5) is 22.7. The van der Waals surface area contributed by atoms with Gasteiger partial charge >= 0.3 is 11.9 Å². The second-order valence-electron chi connectivity index (χ2n) is 4.54. The number of hydrogen-bond donors (Lipinski definition) is 1. The Kier molecular flexibility index (Phi) is 3.84. The van der Waals surface area contributed by atoms with Gasteiger partial charge in [-0.05, 0) is 55.3 Å². The molecule has 0 fully saturated rings. The van der Waals surface area contributed by atoms with E-state index in [1.807, 2.05) is 26.0 Å². The average molecular weight is 270 g/mol. The van der Waals surface area contributed by atoms with E-state index in [1.165, 1.54) is 24.3 Å². The zero-order valence-corrected chi connectivity index (χ0v) is 11.2. The first-order valence-electron chi connectivity index (χ1n) is 6.10.